The summed E-state index contributed by atoms with van der Waals surface area (Å²) >= 11 is 0. The van der Waals surface area contributed by atoms with Gasteiger partial charge in [-0.1, -0.05) is 24.3 Å². The molecule has 0 aliphatic rings. The van der Waals surface area contributed by atoms with Crippen molar-refractivity contribution < 1.29 is 14.3 Å². The number of aryl methyl sites for hydroxylation is 2. The Labute approximate surface area is 169 Å². The number of carbonyl (C=O) groups excluding carboxylic acids is 1. The van der Waals surface area contributed by atoms with E-state index in [2.05, 4.69) is 5.10 Å². The summed E-state index contributed by atoms with van der Waals surface area (Å²) in [5.74, 6) is 1.05. The zero-order valence-electron chi connectivity index (χ0n) is 16.5. The van der Waals surface area contributed by atoms with Gasteiger partial charge in [-0.05, 0) is 61.4 Å². The predicted molar refractivity (Wildman–Crippen MR) is 110 cm³/mol. The number of nitriles is 1. The Morgan fingerprint density at radius 2 is 1.76 bits per heavy atom. The van der Waals surface area contributed by atoms with E-state index in [9.17, 15) is 10.1 Å². The molecule has 0 N–H and O–H groups in total. The second-order valence-electron chi connectivity index (χ2n) is 6.52. The minimum Gasteiger partial charge on any atom is -0.497 e. The average Bonchev–Trinajstić information content (AvgIpc) is 3.09. The molecule has 2 aromatic carbocycles. The quantitative estimate of drug-likeness (QED) is 0.465. The van der Waals surface area contributed by atoms with E-state index < -0.39 is 5.91 Å². The van der Waals surface area contributed by atoms with Crippen LogP contribution in [-0.4, -0.2) is 22.8 Å². The topological polar surface area (TPSA) is 77.1 Å². The second-order valence-corrected chi connectivity index (χ2v) is 6.52. The number of hydrogen-bond donors (Lipinski definition) is 0. The summed E-state index contributed by atoms with van der Waals surface area (Å²) in [6, 6.07) is 18.6. The largest absolute Gasteiger partial charge is 0.497 e. The first-order valence-corrected chi connectivity index (χ1v) is 9.05. The van der Waals surface area contributed by atoms with E-state index >= 15 is 0 Å². The summed E-state index contributed by atoms with van der Waals surface area (Å²) in [6.45, 7) is 4.01. The van der Waals surface area contributed by atoms with Gasteiger partial charge in [0.05, 0.1) is 12.8 Å². The Morgan fingerprint density at radius 3 is 2.31 bits per heavy atom. The van der Waals surface area contributed by atoms with Crippen molar-refractivity contribution >= 4 is 12.0 Å². The summed E-state index contributed by atoms with van der Waals surface area (Å²) in [5.41, 5.74) is 3.19. The monoisotopic (exact) mass is 387 g/mol. The van der Waals surface area contributed by atoms with E-state index in [0.717, 1.165) is 22.6 Å². The smallest absolute Gasteiger partial charge is 0.289 e. The number of methoxy groups -OCH3 is 1. The fraction of sp³-hybridized carbons (Fsp3) is 0.174. The van der Waals surface area contributed by atoms with Crippen LogP contribution in [0.1, 0.15) is 27.3 Å². The molecule has 1 heterocycles. The minimum atomic E-state index is -0.446. The molecule has 6 heteroatoms. The predicted octanol–water partition coefficient (Wildman–Crippen LogP) is 4.33. The lowest BCUT2D eigenvalue weighted by molar-refractivity contribution is 0.0943. The van der Waals surface area contributed by atoms with Gasteiger partial charge in [-0.15, -0.1) is 0 Å². The fourth-order valence-electron chi connectivity index (χ4n) is 2.81. The van der Waals surface area contributed by atoms with Gasteiger partial charge < -0.3 is 9.47 Å². The van der Waals surface area contributed by atoms with Crippen LogP contribution < -0.4 is 9.47 Å². The molecular weight excluding hydrogens is 366 g/mol. The normalized spacial score (nSPS) is 11.0. The maximum atomic E-state index is 12.6. The van der Waals surface area contributed by atoms with Crippen molar-refractivity contribution in [3.63, 3.8) is 0 Å². The third-order valence-corrected chi connectivity index (χ3v) is 4.31. The highest BCUT2D eigenvalue weighted by molar-refractivity contribution is 6.03. The Bertz CT molecular complexity index is 1070. The Kier molecular flexibility index (Phi) is 6.10. The van der Waals surface area contributed by atoms with Gasteiger partial charge in [0.1, 0.15) is 29.7 Å². The molecule has 3 aromatic rings. The molecule has 0 aliphatic heterocycles. The molecule has 0 atom stereocenters. The summed E-state index contributed by atoms with van der Waals surface area (Å²) in [7, 11) is 1.63. The van der Waals surface area contributed by atoms with Gasteiger partial charge in [-0.25, -0.2) is 4.68 Å². The van der Waals surface area contributed by atoms with Crippen LogP contribution >= 0.6 is 0 Å². The molecule has 0 unspecified atom stereocenters. The molecule has 0 saturated carbocycles. The number of allylic oxidation sites excluding steroid dienone is 1. The highest BCUT2D eigenvalue weighted by Gasteiger charge is 2.15. The first-order chi connectivity index (χ1) is 14.0. The van der Waals surface area contributed by atoms with Gasteiger partial charge in [0.15, 0.2) is 0 Å². The molecule has 3 rings (SSSR count). The Hall–Kier alpha value is -3.85. The molecule has 146 valence electrons. The first-order valence-electron chi connectivity index (χ1n) is 9.05. The molecule has 0 radical (unpaired) electrons. The van der Waals surface area contributed by atoms with Crippen LogP contribution in [0.3, 0.4) is 0 Å². The van der Waals surface area contributed by atoms with E-state index in [4.69, 9.17) is 9.47 Å². The molecule has 0 amide bonds. The summed E-state index contributed by atoms with van der Waals surface area (Å²) in [6.07, 6.45) is 1.55. The standard InChI is InChI=1S/C23H21N3O3/c1-16-12-17(2)26(25-16)23(27)20(14-24)13-18-4-10-22(11-5-18)29-15-19-6-8-21(28-3)9-7-19/h4-13H,15H2,1-3H3/b20-13+. The number of ether oxygens (including phenoxy) is 2. The zero-order chi connectivity index (χ0) is 20.8. The second kappa shape index (κ2) is 8.89. The molecule has 29 heavy (non-hydrogen) atoms. The van der Waals surface area contributed by atoms with Crippen molar-refractivity contribution in [2.75, 3.05) is 7.11 Å². The van der Waals surface area contributed by atoms with E-state index in [1.165, 1.54) is 4.68 Å². The summed E-state index contributed by atoms with van der Waals surface area (Å²) in [5, 5.41) is 13.6. The lowest BCUT2D eigenvalue weighted by Gasteiger charge is -2.07. The van der Waals surface area contributed by atoms with Crippen LogP contribution in [-0.2, 0) is 6.61 Å². The number of rotatable bonds is 6. The van der Waals surface area contributed by atoms with Gasteiger partial charge in [0.25, 0.3) is 5.91 Å². The number of nitrogens with zero attached hydrogens (tertiary/aromatic N) is 3. The Morgan fingerprint density at radius 1 is 1.10 bits per heavy atom. The number of aromatic nitrogens is 2. The van der Waals surface area contributed by atoms with Crippen molar-refractivity contribution in [2.45, 2.75) is 20.5 Å². The van der Waals surface area contributed by atoms with Crippen molar-refractivity contribution in [2.24, 2.45) is 0 Å². The number of carbonyl (C=O) groups is 1. The van der Waals surface area contributed by atoms with E-state index in [-0.39, 0.29) is 5.57 Å². The average molecular weight is 387 g/mol. The SMILES string of the molecule is COc1ccc(COc2ccc(/C=C(\C#N)C(=O)n3nc(C)cc3C)cc2)cc1. The van der Waals surface area contributed by atoms with E-state index in [1.54, 1.807) is 57.4 Å². The number of hydrogen-bond acceptors (Lipinski definition) is 5. The molecular formula is C23H21N3O3. The summed E-state index contributed by atoms with van der Waals surface area (Å²) in [4.78, 5) is 12.6. The molecule has 1 aromatic heterocycles. The molecule has 0 aliphatic carbocycles. The molecule has 0 fully saturated rings. The van der Waals surface area contributed by atoms with Crippen molar-refractivity contribution in [1.29, 1.82) is 5.26 Å². The zero-order valence-corrected chi connectivity index (χ0v) is 16.5. The molecule has 6 nitrogen and oxygen atoms in total. The van der Waals surface area contributed by atoms with Gasteiger partial charge in [-0.3, -0.25) is 4.79 Å². The third-order valence-electron chi connectivity index (χ3n) is 4.31. The number of benzene rings is 2. The lowest BCUT2D eigenvalue weighted by Crippen LogP contribution is -2.15. The Balaban J connectivity index is 1.68. The minimum absolute atomic E-state index is 0.0168. The molecule has 0 bridgehead atoms. The van der Waals surface area contributed by atoms with Crippen molar-refractivity contribution in [3.05, 3.63) is 82.7 Å². The fourth-order valence-corrected chi connectivity index (χ4v) is 2.81. The van der Waals surface area contributed by atoms with Crippen LogP contribution in [0.2, 0.25) is 0 Å². The van der Waals surface area contributed by atoms with Crippen molar-refractivity contribution in [1.82, 2.24) is 9.78 Å². The highest BCUT2D eigenvalue weighted by atomic mass is 16.5. The highest BCUT2D eigenvalue weighted by Crippen LogP contribution is 2.18. The first kappa shape index (κ1) is 19.9. The van der Waals surface area contributed by atoms with Gasteiger partial charge in [0.2, 0.25) is 0 Å². The van der Waals surface area contributed by atoms with Gasteiger partial charge in [0, 0.05) is 5.69 Å². The molecule has 0 saturated heterocycles. The lowest BCUT2D eigenvalue weighted by atomic mass is 10.1. The van der Waals surface area contributed by atoms with E-state index in [0.29, 0.717) is 18.1 Å². The van der Waals surface area contributed by atoms with Crippen LogP contribution in [0.4, 0.5) is 0 Å². The summed E-state index contributed by atoms with van der Waals surface area (Å²) < 4.78 is 12.2. The van der Waals surface area contributed by atoms with E-state index in [1.807, 2.05) is 30.3 Å². The third kappa shape index (κ3) is 4.90. The van der Waals surface area contributed by atoms with Gasteiger partial charge >= 0.3 is 0 Å². The molecule has 0 spiro atoms. The van der Waals surface area contributed by atoms with Crippen molar-refractivity contribution in [3.8, 4) is 17.6 Å². The van der Waals surface area contributed by atoms with Crippen LogP contribution in [0.25, 0.3) is 6.08 Å². The van der Waals surface area contributed by atoms with Crippen LogP contribution in [0.15, 0.2) is 60.2 Å². The van der Waals surface area contributed by atoms with Crippen LogP contribution in [0, 0.1) is 25.2 Å². The maximum Gasteiger partial charge on any atom is 0.289 e. The maximum absolute atomic E-state index is 12.6. The van der Waals surface area contributed by atoms with Gasteiger partial charge in [-0.2, -0.15) is 10.4 Å². The van der Waals surface area contributed by atoms with Crippen LogP contribution in [0.5, 0.6) is 11.5 Å².